The van der Waals surface area contributed by atoms with E-state index in [1.54, 1.807) is 19.2 Å². The number of nitrogens with zero attached hydrogens (tertiary/aromatic N) is 1. The maximum Gasteiger partial charge on any atom is 0.307 e. The lowest BCUT2D eigenvalue weighted by atomic mass is 9.95. The molecular weight excluding hydrogens is 404 g/mol. The zero-order valence-corrected chi connectivity index (χ0v) is 20.6. The molecule has 6 nitrogen and oxygen atoms in total. The molecule has 0 spiro atoms. The molecule has 0 radical (unpaired) electrons. The Kier molecular flexibility index (Phi) is 12.7. The third-order valence-corrected chi connectivity index (χ3v) is 5.25. The Morgan fingerprint density at radius 2 is 1.56 bits per heavy atom. The van der Waals surface area contributed by atoms with E-state index in [0.717, 1.165) is 19.3 Å². The molecule has 32 heavy (non-hydrogen) atoms. The van der Waals surface area contributed by atoms with E-state index in [4.69, 9.17) is 4.74 Å². The van der Waals surface area contributed by atoms with Crippen LogP contribution in [-0.4, -0.2) is 37.0 Å². The minimum atomic E-state index is -0.606. The van der Waals surface area contributed by atoms with Crippen LogP contribution in [0.25, 0.3) is 0 Å². The number of unbranched alkanes of at least 4 members (excludes halogenated alkanes) is 6. The molecule has 1 aromatic rings. The molecule has 0 aliphatic heterocycles. The molecule has 1 rings (SSSR count). The number of benzene rings is 1. The summed E-state index contributed by atoms with van der Waals surface area (Å²) in [6, 6.07) is 9.14. The molecule has 0 saturated heterocycles. The van der Waals surface area contributed by atoms with Gasteiger partial charge in [-0.3, -0.25) is 14.4 Å². The van der Waals surface area contributed by atoms with Gasteiger partial charge in [0.15, 0.2) is 0 Å². The second-order valence-corrected chi connectivity index (χ2v) is 9.33. The average molecular weight is 447 g/mol. The summed E-state index contributed by atoms with van der Waals surface area (Å²) in [6.45, 7) is 7.57. The summed E-state index contributed by atoms with van der Waals surface area (Å²) in [5.41, 5.74) is 0.0420. The van der Waals surface area contributed by atoms with Crippen LogP contribution in [-0.2, 0) is 19.1 Å². The Morgan fingerprint density at radius 1 is 0.969 bits per heavy atom. The first-order valence-electron chi connectivity index (χ1n) is 12.0. The van der Waals surface area contributed by atoms with Gasteiger partial charge in [-0.2, -0.15) is 0 Å². The summed E-state index contributed by atoms with van der Waals surface area (Å²) in [5.74, 6) is -1.37. The molecule has 180 valence electrons. The topological polar surface area (TPSA) is 75.7 Å². The highest BCUT2D eigenvalue weighted by Gasteiger charge is 2.30. The summed E-state index contributed by atoms with van der Waals surface area (Å²) < 4.78 is 5.49. The number of rotatable bonds is 14. The minimum absolute atomic E-state index is 0.0169. The van der Waals surface area contributed by atoms with Crippen molar-refractivity contribution in [3.63, 3.8) is 0 Å². The van der Waals surface area contributed by atoms with Gasteiger partial charge in [0.1, 0.15) is 12.1 Å². The molecule has 0 aromatic heterocycles. The molecule has 0 aliphatic carbocycles. The van der Waals surface area contributed by atoms with Crippen molar-refractivity contribution < 1.29 is 19.1 Å². The number of para-hydroxylation sites is 1. The molecule has 1 unspecified atom stereocenters. The van der Waals surface area contributed by atoms with Gasteiger partial charge in [-0.05, 0) is 39.3 Å². The fourth-order valence-corrected chi connectivity index (χ4v) is 3.59. The van der Waals surface area contributed by atoms with Crippen LogP contribution >= 0.6 is 0 Å². The van der Waals surface area contributed by atoms with E-state index in [0.29, 0.717) is 12.1 Å². The lowest BCUT2D eigenvalue weighted by molar-refractivity contribution is -0.157. The first-order valence-corrected chi connectivity index (χ1v) is 12.0. The van der Waals surface area contributed by atoms with Crippen LogP contribution in [0.3, 0.4) is 0 Å². The first kappa shape index (κ1) is 27.7. The Bertz CT molecular complexity index is 698. The molecule has 0 aliphatic rings. The molecule has 6 heteroatoms. The lowest BCUT2D eigenvalue weighted by Gasteiger charge is -2.28. The van der Waals surface area contributed by atoms with Crippen LogP contribution in [0.4, 0.5) is 5.69 Å². The number of hydrogen-bond acceptors (Lipinski definition) is 4. The fraction of sp³-hybridized carbons (Fsp3) is 0.654. The number of nitrogens with one attached hydrogen (secondary N) is 1. The summed E-state index contributed by atoms with van der Waals surface area (Å²) >= 11 is 0. The van der Waals surface area contributed by atoms with Crippen molar-refractivity contribution in [1.29, 1.82) is 0 Å². The van der Waals surface area contributed by atoms with Gasteiger partial charge < -0.3 is 15.0 Å². The predicted molar refractivity (Wildman–Crippen MR) is 129 cm³/mol. The second-order valence-electron chi connectivity index (χ2n) is 9.33. The van der Waals surface area contributed by atoms with Crippen molar-refractivity contribution in [2.45, 2.75) is 91.1 Å². The highest BCUT2D eigenvalue weighted by Crippen LogP contribution is 2.24. The standard InChI is InChI=1S/C26H42N2O4/c1-6-7-8-9-10-11-13-16-21(19-24(30)32-26(2,3)4)25(31)28(20-23(29)27-5)22-17-14-12-15-18-22/h12,14-15,17-18,21H,6-11,13,16,19-20H2,1-5H3,(H,27,29). The van der Waals surface area contributed by atoms with E-state index in [9.17, 15) is 14.4 Å². The largest absolute Gasteiger partial charge is 0.460 e. The molecular formula is C26H42N2O4. The number of hydrogen-bond donors (Lipinski definition) is 1. The molecule has 1 aromatic carbocycles. The zero-order chi connectivity index (χ0) is 24.0. The van der Waals surface area contributed by atoms with Crippen molar-refractivity contribution in [3.8, 4) is 0 Å². The molecule has 1 N–H and O–H groups in total. The summed E-state index contributed by atoms with van der Waals surface area (Å²) in [6.07, 6.45) is 8.56. The van der Waals surface area contributed by atoms with Gasteiger partial charge in [-0.1, -0.05) is 70.1 Å². The number of ether oxygens (including phenoxy) is 1. The average Bonchev–Trinajstić information content (AvgIpc) is 2.74. The monoisotopic (exact) mass is 446 g/mol. The van der Waals surface area contributed by atoms with Gasteiger partial charge >= 0.3 is 5.97 Å². The molecule has 0 fully saturated rings. The van der Waals surface area contributed by atoms with E-state index < -0.39 is 11.5 Å². The number of likely N-dealkylation sites (N-methyl/N-ethyl adjacent to an activating group) is 1. The van der Waals surface area contributed by atoms with Crippen LogP contribution in [0.1, 0.15) is 85.5 Å². The van der Waals surface area contributed by atoms with Gasteiger partial charge in [0.05, 0.1) is 6.42 Å². The lowest BCUT2D eigenvalue weighted by Crippen LogP contribution is -2.43. The Labute approximate surface area is 194 Å². The normalized spacial score (nSPS) is 12.2. The van der Waals surface area contributed by atoms with Gasteiger partial charge in [0.2, 0.25) is 11.8 Å². The van der Waals surface area contributed by atoms with E-state index >= 15 is 0 Å². The smallest absolute Gasteiger partial charge is 0.307 e. The van der Waals surface area contributed by atoms with Gasteiger partial charge in [-0.15, -0.1) is 0 Å². The summed E-state index contributed by atoms with van der Waals surface area (Å²) in [4.78, 5) is 39.7. The molecule has 0 saturated carbocycles. The number of carbonyl (C=O) groups is 3. The summed E-state index contributed by atoms with van der Waals surface area (Å²) in [7, 11) is 1.55. The van der Waals surface area contributed by atoms with Crippen molar-refractivity contribution in [3.05, 3.63) is 30.3 Å². The van der Waals surface area contributed by atoms with Crippen LogP contribution < -0.4 is 10.2 Å². The van der Waals surface area contributed by atoms with Crippen LogP contribution in [0.15, 0.2) is 30.3 Å². The fourth-order valence-electron chi connectivity index (χ4n) is 3.59. The number of amides is 2. The minimum Gasteiger partial charge on any atom is -0.460 e. The molecule has 1 atom stereocenters. The Balaban J connectivity index is 2.92. The molecule has 0 bridgehead atoms. The number of carbonyl (C=O) groups excluding carboxylic acids is 3. The van der Waals surface area contributed by atoms with E-state index in [1.807, 2.05) is 39.0 Å². The van der Waals surface area contributed by atoms with Crippen LogP contribution in [0, 0.1) is 5.92 Å². The second kappa shape index (κ2) is 14.6. The van der Waals surface area contributed by atoms with Crippen molar-refractivity contribution in [2.75, 3.05) is 18.5 Å². The van der Waals surface area contributed by atoms with Crippen molar-refractivity contribution in [1.82, 2.24) is 5.32 Å². The van der Waals surface area contributed by atoms with Gasteiger partial charge in [-0.25, -0.2) is 0 Å². The maximum atomic E-state index is 13.5. The third kappa shape index (κ3) is 11.3. The van der Waals surface area contributed by atoms with Gasteiger partial charge in [0, 0.05) is 18.7 Å². The third-order valence-electron chi connectivity index (χ3n) is 5.25. The number of anilines is 1. The summed E-state index contributed by atoms with van der Waals surface area (Å²) in [5, 5.41) is 2.58. The Morgan fingerprint density at radius 3 is 2.12 bits per heavy atom. The quantitative estimate of drug-likeness (QED) is 0.313. The maximum absolute atomic E-state index is 13.5. The molecule has 0 heterocycles. The zero-order valence-electron chi connectivity index (χ0n) is 20.6. The van der Waals surface area contributed by atoms with E-state index in [-0.39, 0.29) is 30.7 Å². The highest BCUT2D eigenvalue weighted by molar-refractivity contribution is 6.01. The molecule has 2 amide bonds. The Hall–Kier alpha value is -2.37. The SMILES string of the molecule is CCCCCCCCCC(CC(=O)OC(C)(C)C)C(=O)N(CC(=O)NC)c1ccccc1. The predicted octanol–water partition coefficient (Wildman–Crippen LogP) is 5.25. The van der Waals surface area contributed by atoms with Crippen LogP contribution in [0.5, 0.6) is 0 Å². The van der Waals surface area contributed by atoms with E-state index in [1.165, 1.54) is 30.6 Å². The van der Waals surface area contributed by atoms with Crippen LogP contribution in [0.2, 0.25) is 0 Å². The van der Waals surface area contributed by atoms with Crippen molar-refractivity contribution in [2.24, 2.45) is 5.92 Å². The van der Waals surface area contributed by atoms with E-state index in [2.05, 4.69) is 12.2 Å². The number of esters is 1. The highest BCUT2D eigenvalue weighted by atomic mass is 16.6. The van der Waals surface area contributed by atoms with Crippen molar-refractivity contribution >= 4 is 23.5 Å². The first-order chi connectivity index (χ1) is 15.2. The van der Waals surface area contributed by atoms with Gasteiger partial charge in [0.25, 0.3) is 0 Å².